The lowest BCUT2D eigenvalue weighted by Crippen LogP contribution is -2.34. The Morgan fingerprint density at radius 1 is 1.22 bits per heavy atom. The number of hydrogen-bond acceptors (Lipinski definition) is 7. The molecule has 4 aromatic rings. The van der Waals surface area contributed by atoms with Crippen molar-refractivity contribution in [3.8, 4) is 0 Å². The third-order valence-electron chi connectivity index (χ3n) is 5.36. The van der Waals surface area contributed by atoms with Gasteiger partial charge in [-0.25, -0.2) is 22.5 Å². The SMILES string of the molecule is COCN(c1cc(Cl)cnc1C(=O)c1cccc2[nH]c(=O)oc12)S(=O)(=O)c1ccc(C)c(C(F)(F)F)c1. The van der Waals surface area contributed by atoms with Crippen LogP contribution in [0.4, 0.5) is 18.9 Å². The summed E-state index contributed by atoms with van der Waals surface area (Å²) in [5.74, 6) is -1.65. The molecule has 14 heteroatoms. The summed E-state index contributed by atoms with van der Waals surface area (Å²) in [4.78, 5) is 30.9. The first kappa shape index (κ1) is 26.4. The highest BCUT2D eigenvalue weighted by Gasteiger charge is 2.36. The van der Waals surface area contributed by atoms with E-state index in [1.807, 2.05) is 0 Å². The molecule has 0 unspecified atom stereocenters. The van der Waals surface area contributed by atoms with E-state index in [1.165, 1.54) is 25.1 Å². The smallest absolute Gasteiger partial charge is 0.407 e. The molecule has 0 aliphatic rings. The Morgan fingerprint density at radius 2 is 1.95 bits per heavy atom. The van der Waals surface area contributed by atoms with Gasteiger partial charge in [-0.1, -0.05) is 23.7 Å². The first-order valence-electron chi connectivity index (χ1n) is 10.4. The predicted molar refractivity (Wildman–Crippen MR) is 127 cm³/mol. The lowest BCUT2D eigenvalue weighted by molar-refractivity contribution is -0.138. The van der Waals surface area contributed by atoms with Crippen molar-refractivity contribution in [1.82, 2.24) is 9.97 Å². The molecule has 0 saturated carbocycles. The number of aryl methyl sites for hydroxylation is 1. The van der Waals surface area contributed by atoms with Crippen LogP contribution >= 0.6 is 11.6 Å². The Kier molecular flexibility index (Phi) is 6.88. The van der Waals surface area contributed by atoms with Gasteiger partial charge >= 0.3 is 11.9 Å². The van der Waals surface area contributed by atoms with E-state index in [4.69, 9.17) is 20.8 Å². The number of alkyl halides is 3. The molecule has 0 aliphatic carbocycles. The maximum atomic E-state index is 13.6. The molecule has 0 atom stereocenters. The summed E-state index contributed by atoms with van der Waals surface area (Å²) in [5, 5.41) is -0.0610. The molecule has 2 heterocycles. The molecule has 0 radical (unpaired) electrons. The number of carbonyl (C=O) groups is 1. The molecule has 0 aliphatic heterocycles. The van der Waals surface area contributed by atoms with Crippen LogP contribution in [0, 0.1) is 6.92 Å². The van der Waals surface area contributed by atoms with Crippen LogP contribution in [0.3, 0.4) is 0 Å². The lowest BCUT2D eigenvalue weighted by atomic mass is 10.1. The van der Waals surface area contributed by atoms with Gasteiger partial charge in [0.1, 0.15) is 12.4 Å². The molecule has 1 N–H and O–H groups in total. The molecular weight excluding hydrogens is 539 g/mol. The number of fused-ring (bicyclic) bond motifs is 1. The highest BCUT2D eigenvalue weighted by Crippen LogP contribution is 2.36. The van der Waals surface area contributed by atoms with Gasteiger partial charge in [-0.15, -0.1) is 0 Å². The number of para-hydroxylation sites is 1. The second-order valence-corrected chi connectivity index (χ2v) is 10.1. The van der Waals surface area contributed by atoms with Crippen LogP contribution in [-0.4, -0.2) is 38.0 Å². The van der Waals surface area contributed by atoms with Gasteiger partial charge in [0.2, 0.25) is 5.78 Å². The van der Waals surface area contributed by atoms with Crippen LogP contribution in [0.5, 0.6) is 0 Å². The van der Waals surface area contributed by atoms with Gasteiger partial charge in [-0.05, 0) is 42.8 Å². The summed E-state index contributed by atoms with van der Waals surface area (Å²) in [6.45, 7) is 0.507. The van der Waals surface area contributed by atoms with Crippen molar-refractivity contribution in [2.45, 2.75) is 18.0 Å². The number of H-pyrrole nitrogens is 1. The first-order valence-corrected chi connectivity index (χ1v) is 12.2. The minimum Gasteiger partial charge on any atom is -0.407 e. The normalized spacial score (nSPS) is 12.2. The van der Waals surface area contributed by atoms with Crippen LogP contribution in [0.15, 0.2) is 62.8 Å². The summed E-state index contributed by atoms with van der Waals surface area (Å²) < 4.78 is 78.3. The number of pyridine rings is 1. The zero-order chi connectivity index (χ0) is 27.1. The van der Waals surface area contributed by atoms with Gasteiger partial charge < -0.3 is 9.15 Å². The maximum Gasteiger partial charge on any atom is 0.417 e. The number of benzene rings is 2. The molecule has 0 saturated heterocycles. The zero-order valence-corrected chi connectivity index (χ0v) is 20.7. The molecule has 2 aromatic heterocycles. The number of halogens is 4. The number of methoxy groups -OCH3 is 1. The highest BCUT2D eigenvalue weighted by atomic mass is 35.5. The minimum atomic E-state index is -4.81. The Bertz CT molecular complexity index is 1680. The van der Waals surface area contributed by atoms with E-state index in [2.05, 4.69) is 9.97 Å². The number of aromatic nitrogens is 2. The van der Waals surface area contributed by atoms with Crippen molar-refractivity contribution < 1.29 is 35.5 Å². The van der Waals surface area contributed by atoms with Crippen LogP contribution in [0.1, 0.15) is 27.2 Å². The van der Waals surface area contributed by atoms with Gasteiger partial charge in [0.15, 0.2) is 5.58 Å². The van der Waals surface area contributed by atoms with E-state index in [0.717, 1.165) is 31.5 Å². The molecule has 37 heavy (non-hydrogen) atoms. The Balaban J connectivity index is 1.91. The molecule has 0 spiro atoms. The molecule has 194 valence electrons. The molecule has 9 nitrogen and oxygen atoms in total. The van der Waals surface area contributed by atoms with E-state index in [1.54, 1.807) is 0 Å². The summed E-state index contributed by atoms with van der Waals surface area (Å²) in [6, 6.07) is 7.95. The van der Waals surface area contributed by atoms with Gasteiger partial charge in [0.25, 0.3) is 10.0 Å². The molecule has 0 bridgehead atoms. The van der Waals surface area contributed by atoms with E-state index >= 15 is 0 Å². The second kappa shape index (κ2) is 9.65. The zero-order valence-electron chi connectivity index (χ0n) is 19.1. The number of aromatic amines is 1. The number of anilines is 1. The number of nitrogens with zero attached hydrogens (tertiary/aromatic N) is 2. The standard InChI is InChI=1S/C23H17ClF3N3O6S/c1-12-6-7-14(9-16(12)23(25,26)27)37(33,34)30(11-35-2)18-8-13(24)10-28-19(18)20(31)15-4-3-5-17-21(15)36-22(32)29-17/h3-10H,11H2,1-2H3,(H,29,32). The largest absolute Gasteiger partial charge is 0.417 e. The van der Waals surface area contributed by atoms with Gasteiger partial charge in [0, 0.05) is 13.3 Å². The quantitative estimate of drug-likeness (QED) is 0.262. The number of ketones is 1. The van der Waals surface area contributed by atoms with Crippen LogP contribution in [-0.2, 0) is 20.9 Å². The van der Waals surface area contributed by atoms with E-state index in [0.29, 0.717) is 10.4 Å². The molecule has 0 fully saturated rings. The predicted octanol–water partition coefficient (Wildman–Crippen LogP) is 4.53. The summed E-state index contributed by atoms with van der Waals surface area (Å²) in [6.07, 6.45) is -3.71. The summed E-state index contributed by atoms with van der Waals surface area (Å²) in [5.41, 5.74) is -2.09. The monoisotopic (exact) mass is 555 g/mol. The number of ether oxygens (including phenoxy) is 1. The van der Waals surface area contributed by atoms with E-state index < -0.39 is 50.6 Å². The topological polar surface area (TPSA) is 123 Å². The Hall–Kier alpha value is -3.68. The second-order valence-electron chi connectivity index (χ2n) is 7.79. The molecule has 0 amide bonds. The average molecular weight is 556 g/mol. The van der Waals surface area contributed by atoms with Crippen molar-refractivity contribution in [3.63, 3.8) is 0 Å². The van der Waals surface area contributed by atoms with Crippen LogP contribution in [0.2, 0.25) is 5.02 Å². The third-order valence-corrected chi connectivity index (χ3v) is 7.30. The average Bonchev–Trinajstić information content (AvgIpc) is 3.21. The number of sulfonamides is 1. The van der Waals surface area contributed by atoms with Gasteiger partial charge in [-0.3, -0.25) is 9.78 Å². The van der Waals surface area contributed by atoms with Crippen LogP contribution in [0.25, 0.3) is 11.1 Å². The fraction of sp³-hybridized carbons (Fsp3) is 0.174. The minimum absolute atomic E-state index is 0.0610. The number of rotatable bonds is 7. The molecule has 2 aromatic carbocycles. The van der Waals surface area contributed by atoms with Crippen LogP contribution < -0.4 is 10.1 Å². The molecule has 4 rings (SSSR count). The summed E-state index contributed by atoms with van der Waals surface area (Å²) in [7, 11) is -3.57. The van der Waals surface area contributed by atoms with Gasteiger partial charge in [0.05, 0.1) is 32.2 Å². The van der Waals surface area contributed by atoms with Gasteiger partial charge in [-0.2, -0.15) is 13.2 Å². The van der Waals surface area contributed by atoms with Crippen molar-refractivity contribution >= 4 is 44.2 Å². The van der Waals surface area contributed by atoms with Crippen molar-refractivity contribution in [1.29, 1.82) is 0 Å². The summed E-state index contributed by atoms with van der Waals surface area (Å²) >= 11 is 6.06. The maximum absolute atomic E-state index is 13.6. The van der Waals surface area contributed by atoms with Crippen molar-refractivity contribution in [3.05, 3.63) is 86.6 Å². The van der Waals surface area contributed by atoms with Crippen molar-refractivity contribution in [2.24, 2.45) is 0 Å². The van der Waals surface area contributed by atoms with Crippen molar-refractivity contribution in [2.75, 3.05) is 18.1 Å². The van der Waals surface area contributed by atoms with E-state index in [-0.39, 0.29) is 32.9 Å². The number of nitrogens with one attached hydrogen (secondary N) is 1. The third kappa shape index (κ3) is 4.97. The number of hydrogen-bond donors (Lipinski definition) is 1. The highest BCUT2D eigenvalue weighted by molar-refractivity contribution is 7.92. The first-order chi connectivity index (χ1) is 17.3. The fourth-order valence-electron chi connectivity index (χ4n) is 3.65. The number of carbonyl (C=O) groups excluding carboxylic acids is 1. The number of oxazole rings is 1. The molecular formula is C23H17ClF3N3O6S. The Labute approximate surface area is 212 Å². The fourth-order valence-corrected chi connectivity index (χ4v) is 5.21. The lowest BCUT2D eigenvalue weighted by Gasteiger charge is -2.25. The Morgan fingerprint density at radius 3 is 2.62 bits per heavy atom. The van der Waals surface area contributed by atoms with E-state index in [9.17, 15) is 31.2 Å².